The first kappa shape index (κ1) is 23.9. The average Bonchev–Trinajstić information content (AvgIpc) is 1.96. The second-order valence-electron chi connectivity index (χ2n) is 7.59. The van der Waals surface area contributed by atoms with Crippen molar-refractivity contribution < 1.29 is 36.7 Å². The van der Waals surface area contributed by atoms with Gasteiger partial charge in [0.25, 0.3) is 0 Å². The summed E-state index contributed by atoms with van der Waals surface area (Å²) in [7, 11) is 0. The molecule has 0 aromatic heterocycles. The fraction of sp³-hybridized carbons (Fsp3) is 0.800. The Hall–Kier alpha value is -0.116. The Morgan fingerprint density at radius 1 is 0.842 bits per heavy atom. The van der Waals surface area contributed by atoms with Gasteiger partial charge in [0.15, 0.2) is 0 Å². The Bertz CT molecular complexity index is 293. The summed E-state index contributed by atoms with van der Waals surface area (Å²) in [5, 5.41) is 18.1. The minimum absolute atomic E-state index is 0. The van der Waals surface area contributed by atoms with Crippen LogP contribution in [0.15, 0.2) is 11.8 Å². The molecule has 0 unspecified atom stereocenters. The molecule has 0 atom stereocenters. The molecule has 19 heavy (non-hydrogen) atoms. The summed E-state index contributed by atoms with van der Waals surface area (Å²) >= 11 is 0. The Morgan fingerprint density at radius 2 is 1.11 bits per heavy atom. The van der Waals surface area contributed by atoms with Gasteiger partial charge in [0.1, 0.15) is 5.76 Å². The summed E-state index contributed by atoms with van der Waals surface area (Å²) in [6.45, 7) is 16.6. The second-order valence-corrected chi connectivity index (χ2v) is 7.59. The summed E-state index contributed by atoms with van der Waals surface area (Å²) in [4.78, 5) is 9.60. The van der Waals surface area contributed by atoms with E-state index in [0.29, 0.717) is 0 Å². The van der Waals surface area contributed by atoms with Crippen molar-refractivity contribution in [2.75, 3.05) is 0 Å². The molecule has 0 aliphatic heterocycles. The molecule has 0 fully saturated rings. The van der Waals surface area contributed by atoms with Crippen molar-refractivity contribution in [1.82, 2.24) is 0 Å². The molecule has 0 spiro atoms. The molecule has 0 bridgehead atoms. The molecule has 3 nitrogen and oxygen atoms in total. The number of aliphatic hydroxyl groups excluding tert-OH is 1. The SMILES string of the molecule is CC(C)(C)C(=[OH+])/C=C(\O)C(C)(C)C.CC(C)(C)O.[Ti]. The number of ketones is 1. The largest absolute Gasteiger partial charge is 0.511 e. The molecule has 0 radical (unpaired) electrons. The Morgan fingerprint density at radius 3 is 1.26 bits per heavy atom. The first-order valence-electron chi connectivity index (χ1n) is 6.25. The van der Waals surface area contributed by atoms with Crippen LogP contribution >= 0.6 is 0 Å². The van der Waals surface area contributed by atoms with Crippen molar-refractivity contribution in [1.29, 1.82) is 0 Å². The van der Waals surface area contributed by atoms with E-state index in [4.69, 9.17) is 5.11 Å². The van der Waals surface area contributed by atoms with Crippen molar-refractivity contribution in [3.63, 3.8) is 0 Å². The molecule has 4 heteroatoms. The zero-order valence-electron chi connectivity index (χ0n) is 13.9. The van der Waals surface area contributed by atoms with Gasteiger partial charge in [-0.05, 0) is 41.5 Å². The number of rotatable bonds is 1. The van der Waals surface area contributed by atoms with E-state index >= 15 is 0 Å². The Labute approximate surface area is 133 Å². The maximum atomic E-state index is 9.60. The van der Waals surface area contributed by atoms with Gasteiger partial charge in [-0.2, -0.15) is 0 Å². The molecule has 0 rings (SSSR count). The van der Waals surface area contributed by atoms with Gasteiger partial charge in [-0.15, -0.1) is 0 Å². The maximum Gasteiger partial charge on any atom is 0.325 e. The van der Waals surface area contributed by atoms with Crippen LogP contribution in [0.25, 0.3) is 0 Å². The summed E-state index contributed by atoms with van der Waals surface area (Å²) in [5.74, 6) is 0.417. The smallest absolute Gasteiger partial charge is 0.325 e. The topological polar surface area (TPSA) is 61.9 Å². The number of allylic oxidation sites excluding steroid dienone is 2. The average molecular weight is 307 g/mol. The van der Waals surface area contributed by atoms with E-state index in [2.05, 4.69) is 0 Å². The minimum atomic E-state index is -0.500. The number of carbonyl (C=O) groups excluding carboxylic acids is 1. The molecule has 0 heterocycles. The van der Waals surface area contributed by atoms with Crippen LogP contribution in [0.3, 0.4) is 0 Å². The first-order chi connectivity index (χ1) is 7.55. The van der Waals surface area contributed by atoms with Crippen molar-refractivity contribution in [2.45, 2.75) is 67.9 Å². The van der Waals surface area contributed by atoms with Crippen LogP contribution in [0.4, 0.5) is 0 Å². The molecular formula is C15H31O3Ti+. The normalized spacial score (nSPS) is 13.1. The fourth-order valence-electron chi connectivity index (χ4n) is 0.563. The van der Waals surface area contributed by atoms with Crippen LogP contribution in [0.5, 0.6) is 0 Å². The van der Waals surface area contributed by atoms with Gasteiger partial charge in [-0.25, -0.2) is 0 Å². The molecule has 0 aliphatic rings. The van der Waals surface area contributed by atoms with Gasteiger partial charge in [0.05, 0.1) is 17.1 Å². The molecule has 0 saturated heterocycles. The summed E-state index contributed by atoms with van der Waals surface area (Å²) in [5.41, 5.74) is -1.11. The molecule has 112 valence electrons. The van der Waals surface area contributed by atoms with Crippen LogP contribution in [0.1, 0.15) is 62.3 Å². The molecule has 0 saturated carbocycles. The summed E-state index contributed by atoms with van der Waals surface area (Å²) in [6.07, 6.45) is 1.44. The predicted octanol–water partition coefficient (Wildman–Crippen LogP) is 3.84. The summed E-state index contributed by atoms with van der Waals surface area (Å²) in [6, 6.07) is 0. The Kier molecular flexibility index (Phi) is 10.4. The van der Waals surface area contributed by atoms with Crippen LogP contribution in [0.2, 0.25) is 0 Å². The molecule has 0 aromatic carbocycles. The van der Waals surface area contributed by atoms with Crippen LogP contribution in [0, 0.1) is 10.8 Å². The van der Waals surface area contributed by atoms with Gasteiger partial charge in [-0.1, -0.05) is 20.8 Å². The van der Waals surface area contributed by atoms with Gasteiger partial charge in [-0.3, -0.25) is 4.79 Å². The fourth-order valence-corrected chi connectivity index (χ4v) is 0.563. The number of hydrogen-bond acceptors (Lipinski definition) is 2. The van der Waals surface area contributed by atoms with Gasteiger partial charge in [0.2, 0.25) is 0 Å². The van der Waals surface area contributed by atoms with Gasteiger partial charge in [0, 0.05) is 27.1 Å². The van der Waals surface area contributed by atoms with Crippen LogP contribution in [-0.4, -0.2) is 26.4 Å². The van der Waals surface area contributed by atoms with Crippen molar-refractivity contribution in [3.05, 3.63) is 11.8 Å². The first-order valence-corrected chi connectivity index (χ1v) is 6.25. The zero-order chi connectivity index (χ0) is 15.4. The zero-order valence-corrected chi connectivity index (χ0v) is 15.5. The van der Waals surface area contributed by atoms with E-state index in [-0.39, 0.29) is 44.1 Å². The minimum Gasteiger partial charge on any atom is -0.511 e. The van der Waals surface area contributed by atoms with E-state index < -0.39 is 5.60 Å². The van der Waals surface area contributed by atoms with Crippen molar-refractivity contribution in [3.8, 4) is 0 Å². The van der Waals surface area contributed by atoms with E-state index in [0.717, 1.165) is 0 Å². The third kappa shape index (κ3) is 17.9. The predicted molar refractivity (Wildman–Crippen MR) is 78.5 cm³/mol. The van der Waals surface area contributed by atoms with E-state index in [1.54, 1.807) is 20.8 Å². The summed E-state index contributed by atoms with van der Waals surface area (Å²) < 4.78 is 0. The molecular weight excluding hydrogens is 276 g/mol. The number of hydrogen-bond donors (Lipinski definition) is 2. The molecule has 0 amide bonds. The van der Waals surface area contributed by atoms with Crippen molar-refractivity contribution >= 4 is 5.78 Å². The quantitative estimate of drug-likeness (QED) is 0.334. The maximum absolute atomic E-state index is 9.60. The molecule has 3 N–H and O–H groups in total. The van der Waals surface area contributed by atoms with Crippen molar-refractivity contribution in [2.24, 2.45) is 10.8 Å². The molecule has 0 aliphatic carbocycles. The standard InChI is InChI=1S/C11H20O2.C4H10O.Ti/c1-10(2,3)8(12)7-9(13)11(4,5)6;1-4(2,3)5;/h7,12H,1-6H3;5H,1-3H3;/p+1/b8-7-;;. The van der Waals surface area contributed by atoms with Gasteiger partial charge >= 0.3 is 5.78 Å². The van der Waals surface area contributed by atoms with E-state index in [9.17, 15) is 9.90 Å². The van der Waals surface area contributed by atoms with Gasteiger partial charge < -0.3 is 10.2 Å². The second kappa shape index (κ2) is 8.23. The molecule has 0 aromatic rings. The third-order valence-electron chi connectivity index (χ3n) is 1.81. The number of aliphatic hydroxyl groups is 2. The Balaban J connectivity index is -0.000000366. The van der Waals surface area contributed by atoms with Crippen LogP contribution < -0.4 is 0 Å². The van der Waals surface area contributed by atoms with E-state index in [1.807, 2.05) is 41.5 Å². The van der Waals surface area contributed by atoms with E-state index in [1.165, 1.54) is 6.08 Å². The monoisotopic (exact) mass is 307 g/mol. The third-order valence-corrected chi connectivity index (χ3v) is 1.81. The van der Waals surface area contributed by atoms with Crippen LogP contribution in [-0.2, 0) is 21.7 Å².